The van der Waals surface area contributed by atoms with E-state index in [4.69, 9.17) is 0 Å². The van der Waals surface area contributed by atoms with E-state index in [1.807, 2.05) is 31.2 Å². The molecule has 2 N–H and O–H groups in total. The largest absolute Gasteiger partial charge is 0.346 e. The molecule has 0 aromatic heterocycles. The molecule has 0 spiro atoms. The molecule has 0 saturated heterocycles. The molecule has 2 amide bonds. The zero-order valence-corrected chi connectivity index (χ0v) is 11.7. The zero-order chi connectivity index (χ0) is 14.4. The van der Waals surface area contributed by atoms with Crippen LogP contribution in [0.2, 0.25) is 0 Å². The standard InChI is InChI=1S/C14H19N3O2/c1-9(2)15-13(18)14(19)17-16-11(4)12-7-5-10(3)6-8-12/h5-9H,1-4H3,(H,15,18)(H,17,19)/b16-11-. The molecule has 0 heterocycles. The predicted molar refractivity (Wildman–Crippen MR) is 74.8 cm³/mol. The van der Waals surface area contributed by atoms with Crippen molar-refractivity contribution >= 4 is 17.5 Å². The fourth-order valence-electron chi connectivity index (χ4n) is 1.37. The van der Waals surface area contributed by atoms with Crippen molar-refractivity contribution < 1.29 is 9.59 Å². The van der Waals surface area contributed by atoms with Crippen LogP contribution in [-0.4, -0.2) is 23.6 Å². The summed E-state index contributed by atoms with van der Waals surface area (Å²) >= 11 is 0. The van der Waals surface area contributed by atoms with Gasteiger partial charge in [0, 0.05) is 6.04 Å². The zero-order valence-electron chi connectivity index (χ0n) is 11.7. The van der Waals surface area contributed by atoms with Crippen LogP contribution >= 0.6 is 0 Å². The van der Waals surface area contributed by atoms with Crippen LogP contribution in [0, 0.1) is 6.92 Å². The Kier molecular flexibility index (Phi) is 5.23. The van der Waals surface area contributed by atoms with Gasteiger partial charge in [-0.05, 0) is 33.3 Å². The Balaban J connectivity index is 2.63. The van der Waals surface area contributed by atoms with Crippen LogP contribution in [0.15, 0.2) is 29.4 Å². The lowest BCUT2D eigenvalue weighted by atomic mass is 10.1. The fourth-order valence-corrected chi connectivity index (χ4v) is 1.37. The van der Waals surface area contributed by atoms with Crippen molar-refractivity contribution in [3.63, 3.8) is 0 Å². The quantitative estimate of drug-likeness (QED) is 0.490. The summed E-state index contributed by atoms with van der Waals surface area (Å²) < 4.78 is 0. The minimum Gasteiger partial charge on any atom is -0.346 e. The van der Waals surface area contributed by atoms with Gasteiger partial charge in [-0.3, -0.25) is 9.59 Å². The Morgan fingerprint density at radius 1 is 1.11 bits per heavy atom. The first-order valence-electron chi connectivity index (χ1n) is 6.12. The number of rotatable bonds is 3. The minimum absolute atomic E-state index is 0.0829. The summed E-state index contributed by atoms with van der Waals surface area (Å²) in [5, 5.41) is 6.40. The average Bonchev–Trinajstić information content (AvgIpc) is 2.35. The molecule has 0 atom stereocenters. The molecule has 0 aliphatic carbocycles. The van der Waals surface area contributed by atoms with Crippen LogP contribution in [0.25, 0.3) is 0 Å². The van der Waals surface area contributed by atoms with Crippen molar-refractivity contribution in [2.24, 2.45) is 5.10 Å². The van der Waals surface area contributed by atoms with Gasteiger partial charge in [-0.15, -0.1) is 0 Å². The SMILES string of the molecule is C/C(=N/NC(=O)C(=O)NC(C)C)c1ccc(C)cc1. The van der Waals surface area contributed by atoms with Gasteiger partial charge in [-0.25, -0.2) is 5.43 Å². The van der Waals surface area contributed by atoms with Gasteiger partial charge in [0.15, 0.2) is 0 Å². The summed E-state index contributed by atoms with van der Waals surface area (Å²) in [6, 6.07) is 7.66. The fraction of sp³-hybridized carbons (Fsp3) is 0.357. The van der Waals surface area contributed by atoms with E-state index in [2.05, 4.69) is 15.8 Å². The van der Waals surface area contributed by atoms with E-state index in [0.29, 0.717) is 5.71 Å². The molecule has 1 aromatic rings. The Bertz CT molecular complexity index is 490. The van der Waals surface area contributed by atoms with Crippen molar-refractivity contribution in [2.75, 3.05) is 0 Å². The lowest BCUT2D eigenvalue weighted by molar-refractivity contribution is -0.139. The second-order valence-electron chi connectivity index (χ2n) is 4.63. The minimum atomic E-state index is -0.764. The molecule has 0 aliphatic rings. The highest BCUT2D eigenvalue weighted by atomic mass is 16.2. The molecular formula is C14H19N3O2. The molecule has 5 heteroatoms. The number of benzene rings is 1. The first kappa shape index (κ1) is 14.9. The first-order chi connectivity index (χ1) is 8.90. The van der Waals surface area contributed by atoms with E-state index in [-0.39, 0.29) is 6.04 Å². The number of carbonyl (C=O) groups is 2. The van der Waals surface area contributed by atoms with Gasteiger partial charge in [-0.2, -0.15) is 5.10 Å². The van der Waals surface area contributed by atoms with Crippen LogP contribution in [0.1, 0.15) is 31.9 Å². The third-order valence-electron chi connectivity index (χ3n) is 2.42. The number of nitrogens with zero attached hydrogens (tertiary/aromatic N) is 1. The third kappa shape index (κ3) is 4.91. The molecule has 0 saturated carbocycles. The van der Waals surface area contributed by atoms with Crippen molar-refractivity contribution in [2.45, 2.75) is 33.7 Å². The lowest BCUT2D eigenvalue weighted by Gasteiger charge is -2.07. The van der Waals surface area contributed by atoms with E-state index in [1.54, 1.807) is 20.8 Å². The molecule has 0 unspecified atom stereocenters. The smallest absolute Gasteiger partial charge is 0.329 e. The summed E-state index contributed by atoms with van der Waals surface area (Å²) in [5.41, 5.74) is 4.93. The number of carbonyl (C=O) groups excluding carboxylic acids is 2. The highest BCUT2D eigenvalue weighted by molar-refractivity contribution is 6.35. The maximum absolute atomic E-state index is 11.4. The lowest BCUT2D eigenvalue weighted by Crippen LogP contribution is -2.41. The highest BCUT2D eigenvalue weighted by Gasteiger charge is 2.13. The normalized spacial score (nSPS) is 11.3. The van der Waals surface area contributed by atoms with Crippen molar-refractivity contribution in [1.29, 1.82) is 0 Å². The van der Waals surface area contributed by atoms with Crippen molar-refractivity contribution in [1.82, 2.24) is 10.7 Å². The van der Waals surface area contributed by atoms with Gasteiger partial charge in [0.2, 0.25) is 0 Å². The first-order valence-corrected chi connectivity index (χ1v) is 6.12. The molecular weight excluding hydrogens is 242 g/mol. The summed E-state index contributed by atoms with van der Waals surface area (Å²) in [6.07, 6.45) is 0. The number of hydrogen-bond donors (Lipinski definition) is 2. The van der Waals surface area contributed by atoms with Crippen molar-refractivity contribution in [3.05, 3.63) is 35.4 Å². The molecule has 5 nitrogen and oxygen atoms in total. The Morgan fingerprint density at radius 2 is 1.68 bits per heavy atom. The monoisotopic (exact) mass is 261 g/mol. The maximum Gasteiger partial charge on any atom is 0.329 e. The summed E-state index contributed by atoms with van der Waals surface area (Å²) in [6.45, 7) is 7.33. The number of amides is 2. The maximum atomic E-state index is 11.4. The highest BCUT2D eigenvalue weighted by Crippen LogP contribution is 2.04. The second kappa shape index (κ2) is 6.68. The van der Waals surface area contributed by atoms with Gasteiger partial charge >= 0.3 is 11.8 Å². The Morgan fingerprint density at radius 3 is 2.21 bits per heavy atom. The number of aryl methyl sites for hydroxylation is 1. The summed E-state index contributed by atoms with van der Waals surface area (Å²) in [5.74, 6) is -1.45. The molecule has 1 rings (SSSR count). The second-order valence-corrected chi connectivity index (χ2v) is 4.63. The van der Waals surface area contributed by atoms with Crippen LogP contribution < -0.4 is 10.7 Å². The van der Waals surface area contributed by atoms with E-state index < -0.39 is 11.8 Å². The molecule has 19 heavy (non-hydrogen) atoms. The summed E-state index contributed by atoms with van der Waals surface area (Å²) in [4.78, 5) is 22.8. The van der Waals surface area contributed by atoms with Gasteiger partial charge < -0.3 is 5.32 Å². The predicted octanol–water partition coefficient (Wildman–Crippen LogP) is 1.36. The van der Waals surface area contributed by atoms with E-state index >= 15 is 0 Å². The van der Waals surface area contributed by atoms with E-state index in [9.17, 15) is 9.59 Å². The Hall–Kier alpha value is -2.17. The van der Waals surface area contributed by atoms with Gasteiger partial charge in [0.05, 0.1) is 5.71 Å². The van der Waals surface area contributed by atoms with E-state index in [1.165, 1.54) is 0 Å². The average molecular weight is 261 g/mol. The molecule has 0 aliphatic heterocycles. The van der Waals surface area contributed by atoms with Crippen LogP contribution in [0.4, 0.5) is 0 Å². The molecule has 102 valence electrons. The van der Waals surface area contributed by atoms with Crippen molar-refractivity contribution in [3.8, 4) is 0 Å². The Labute approximate surface area is 113 Å². The van der Waals surface area contributed by atoms with Gasteiger partial charge in [0.1, 0.15) is 0 Å². The number of nitrogens with one attached hydrogen (secondary N) is 2. The van der Waals surface area contributed by atoms with Crippen LogP contribution in [-0.2, 0) is 9.59 Å². The molecule has 0 fully saturated rings. The number of hydrogen-bond acceptors (Lipinski definition) is 3. The molecule has 0 radical (unpaired) electrons. The topological polar surface area (TPSA) is 70.6 Å². The van der Waals surface area contributed by atoms with Crippen LogP contribution in [0.3, 0.4) is 0 Å². The van der Waals surface area contributed by atoms with Gasteiger partial charge in [-0.1, -0.05) is 29.8 Å². The molecule has 1 aromatic carbocycles. The third-order valence-corrected chi connectivity index (χ3v) is 2.42. The van der Waals surface area contributed by atoms with Crippen LogP contribution in [0.5, 0.6) is 0 Å². The van der Waals surface area contributed by atoms with Gasteiger partial charge in [0.25, 0.3) is 0 Å². The summed E-state index contributed by atoms with van der Waals surface area (Å²) in [7, 11) is 0. The molecule has 0 bridgehead atoms. The number of hydrazone groups is 1. The van der Waals surface area contributed by atoms with E-state index in [0.717, 1.165) is 11.1 Å².